The highest BCUT2D eigenvalue weighted by molar-refractivity contribution is 7.09. The number of thiazole rings is 1. The monoisotopic (exact) mass is 332 g/mol. The van der Waals surface area contributed by atoms with Crippen LogP contribution < -0.4 is 0 Å². The zero-order valence-corrected chi connectivity index (χ0v) is 15.0. The van der Waals surface area contributed by atoms with Crippen molar-refractivity contribution < 1.29 is 4.79 Å². The summed E-state index contributed by atoms with van der Waals surface area (Å²) in [7, 11) is 1.82. The van der Waals surface area contributed by atoms with Crippen molar-refractivity contribution in [2.75, 3.05) is 7.05 Å². The van der Waals surface area contributed by atoms with Gasteiger partial charge in [-0.25, -0.2) is 4.98 Å². The molecule has 1 aliphatic rings. The average molecular weight is 332 g/mol. The molecule has 3 rings (SSSR count). The number of aromatic amines is 1. The Labute approximate surface area is 141 Å². The number of amides is 1. The van der Waals surface area contributed by atoms with E-state index in [1.165, 1.54) is 0 Å². The van der Waals surface area contributed by atoms with Crippen LogP contribution in [0.3, 0.4) is 0 Å². The van der Waals surface area contributed by atoms with E-state index in [9.17, 15) is 4.79 Å². The number of nitrogens with zero attached hydrogens (tertiary/aromatic N) is 3. The lowest BCUT2D eigenvalue weighted by Gasteiger charge is -2.20. The first-order valence-corrected chi connectivity index (χ1v) is 9.09. The SMILES string of the molecule is CC(C)c1nc(CN(C)C(=O)c2n[nH]c3c2C[C@H](C)CC3)cs1. The number of nitrogens with one attached hydrogen (secondary N) is 1. The first kappa shape index (κ1) is 16.2. The van der Waals surface area contributed by atoms with Crippen molar-refractivity contribution in [1.29, 1.82) is 0 Å². The standard InChI is InChI=1S/C17H24N4OS/c1-10(2)16-18-12(9-23-16)8-21(4)17(22)15-13-7-11(3)5-6-14(13)19-20-15/h9-11H,5-8H2,1-4H3,(H,19,20)/t11-/m1/s1. The second-order valence-electron chi connectivity index (χ2n) is 6.87. The maximum Gasteiger partial charge on any atom is 0.274 e. The minimum atomic E-state index is -0.0179. The van der Waals surface area contributed by atoms with Crippen molar-refractivity contribution in [3.63, 3.8) is 0 Å². The lowest BCUT2D eigenvalue weighted by Crippen LogP contribution is -2.28. The molecular weight excluding hydrogens is 308 g/mol. The third kappa shape index (κ3) is 3.32. The minimum absolute atomic E-state index is 0.0179. The summed E-state index contributed by atoms with van der Waals surface area (Å²) in [6.45, 7) is 7.03. The zero-order chi connectivity index (χ0) is 16.6. The predicted molar refractivity (Wildman–Crippen MR) is 91.8 cm³/mol. The van der Waals surface area contributed by atoms with Gasteiger partial charge in [-0.05, 0) is 25.2 Å². The molecule has 0 saturated heterocycles. The summed E-state index contributed by atoms with van der Waals surface area (Å²) >= 11 is 1.66. The maximum atomic E-state index is 12.7. The summed E-state index contributed by atoms with van der Waals surface area (Å²) < 4.78 is 0. The van der Waals surface area contributed by atoms with E-state index in [2.05, 4.69) is 36.0 Å². The lowest BCUT2D eigenvalue weighted by atomic mass is 9.87. The first-order chi connectivity index (χ1) is 11.0. The van der Waals surface area contributed by atoms with Gasteiger partial charge in [0.1, 0.15) is 0 Å². The van der Waals surface area contributed by atoms with Gasteiger partial charge in [0.2, 0.25) is 0 Å². The Morgan fingerprint density at radius 2 is 2.30 bits per heavy atom. The molecular formula is C17H24N4OS. The van der Waals surface area contributed by atoms with Gasteiger partial charge in [0.25, 0.3) is 5.91 Å². The zero-order valence-electron chi connectivity index (χ0n) is 14.2. The van der Waals surface area contributed by atoms with Gasteiger partial charge in [0, 0.05) is 29.6 Å². The molecule has 23 heavy (non-hydrogen) atoms. The molecule has 5 nitrogen and oxygen atoms in total. The highest BCUT2D eigenvalue weighted by Crippen LogP contribution is 2.27. The van der Waals surface area contributed by atoms with Gasteiger partial charge in [-0.1, -0.05) is 20.8 Å². The molecule has 124 valence electrons. The van der Waals surface area contributed by atoms with Crippen LogP contribution in [0.5, 0.6) is 0 Å². The number of H-pyrrole nitrogens is 1. The minimum Gasteiger partial charge on any atom is -0.334 e. The molecule has 1 atom stereocenters. The van der Waals surface area contributed by atoms with Crippen LogP contribution in [0.2, 0.25) is 0 Å². The van der Waals surface area contributed by atoms with Crippen molar-refractivity contribution in [3.8, 4) is 0 Å². The molecule has 2 aromatic rings. The topological polar surface area (TPSA) is 61.9 Å². The van der Waals surface area contributed by atoms with Gasteiger partial charge in [-0.15, -0.1) is 11.3 Å². The Hall–Kier alpha value is -1.69. The molecule has 0 aromatic carbocycles. The molecule has 1 aliphatic carbocycles. The summed E-state index contributed by atoms with van der Waals surface area (Å²) in [5.41, 5.74) is 3.79. The second-order valence-corrected chi connectivity index (χ2v) is 7.76. The molecule has 0 bridgehead atoms. The number of rotatable bonds is 4. The quantitative estimate of drug-likeness (QED) is 0.933. The van der Waals surface area contributed by atoms with Crippen LogP contribution in [0.25, 0.3) is 0 Å². The van der Waals surface area contributed by atoms with E-state index >= 15 is 0 Å². The fourth-order valence-electron chi connectivity index (χ4n) is 3.00. The van der Waals surface area contributed by atoms with Crippen LogP contribution >= 0.6 is 11.3 Å². The third-order valence-corrected chi connectivity index (χ3v) is 5.60. The Morgan fingerprint density at radius 3 is 3.00 bits per heavy atom. The number of carbonyl (C=O) groups is 1. The molecule has 0 radical (unpaired) electrons. The lowest BCUT2D eigenvalue weighted by molar-refractivity contribution is 0.0776. The van der Waals surface area contributed by atoms with E-state index < -0.39 is 0 Å². The summed E-state index contributed by atoms with van der Waals surface area (Å²) in [5.74, 6) is 1.02. The second kappa shape index (κ2) is 6.43. The van der Waals surface area contributed by atoms with Crippen molar-refractivity contribution in [3.05, 3.63) is 33.0 Å². The molecule has 0 aliphatic heterocycles. The van der Waals surface area contributed by atoms with Crippen LogP contribution in [0.1, 0.15) is 65.6 Å². The summed E-state index contributed by atoms with van der Waals surface area (Å²) in [6.07, 6.45) is 3.09. The van der Waals surface area contributed by atoms with E-state index in [4.69, 9.17) is 0 Å². The van der Waals surface area contributed by atoms with Gasteiger partial charge in [-0.2, -0.15) is 5.10 Å². The highest BCUT2D eigenvalue weighted by Gasteiger charge is 2.26. The predicted octanol–water partition coefficient (Wildman–Crippen LogP) is 3.39. The molecule has 0 spiro atoms. The van der Waals surface area contributed by atoms with Crippen molar-refractivity contribution in [2.45, 2.75) is 52.5 Å². The van der Waals surface area contributed by atoms with Gasteiger partial charge in [-0.3, -0.25) is 9.89 Å². The molecule has 2 aromatic heterocycles. The van der Waals surface area contributed by atoms with Crippen molar-refractivity contribution in [1.82, 2.24) is 20.1 Å². The summed E-state index contributed by atoms with van der Waals surface area (Å²) in [4.78, 5) is 19.1. The number of carbonyl (C=O) groups excluding carboxylic acids is 1. The van der Waals surface area contributed by atoms with Gasteiger partial charge in [0.15, 0.2) is 5.69 Å². The Morgan fingerprint density at radius 1 is 1.52 bits per heavy atom. The van der Waals surface area contributed by atoms with E-state index in [1.807, 2.05) is 12.4 Å². The van der Waals surface area contributed by atoms with E-state index in [0.717, 1.165) is 41.2 Å². The molecule has 0 saturated carbocycles. The summed E-state index contributed by atoms with van der Waals surface area (Å²) in [5, 5.41) is 10.5. The van der Waals surface area contributed by atoms with Crippen molar-refractivity contribution in [2.24, 2.45) is 5.92 Å². The number of hydrogen-bond donors (Lipinski definition) is 1. The maximum absolute atomic E-state index is 12.7. The van der Waals surface area contributed by atoms with Gasteiger partial charge < -0.3 is 4.90 Å². The van der Waals surface area contributed by atoms with E-state index in [1.54, 1.807) is 16.2 Å². The first-order valence-electron chi connectivity index (χ1n) is 8.21. The number of aryl methyl sites for hydroxylation is 1. The van der Waals surface area contributed by atoms with Crippen LogP contribution in [-0.2, 0) is 19.4 Å². The van der Waals surface area contributed by atoms with Crippen LogP contribution in [0.15, 0.2) is 5.38 Å². The largest absolute Gasteiger partial charge is 0.334 e. The number of fused-ring (bicyclic) bond motifs is 1. The third-order valence-electron chi connectivity index (χ3n) is 4.40. The fourth-order valence-corrected chi connectivity index (χ4v) is 3.83. The smallest absolute Gasteiger partial charge is 0.274 e. The Balaban J connectivity index is 1.73. The van der Waals surface area contributed by atoms with Crippen LogP contribution in [-0.4, -0.2) is 33.0 Å². The normalized spacial score (nSPS) is 17.3. The molecule has 1 N–H and O–H groups in total. The van der Waals surface area contributed by atoms with E-state index in [-0.39, 0.29) is 5.91 Å². The van der Waals surface area contributed by atoms with Crippen LogP contribution in [0.4, 0.5) is 0 Å². The van der Waals surface area contributed by atoms with E-state index in [0.29, 0.717) is 24.1 Å². The van der Waals surface area contributed by atoms with Crippen LogP contribution in [0, 0.1) is 5.92 Å². The summed E-state index contributed by atoms with van der Waals surface area (Å²) in [6, 6.07) is 0. The number of aromatic nitrogens is 3. The average Bonchev–Trinajstić information content (AvgIpc) is 3.12. The van der Waals surface area contributed by atoms with Crippen molar-refractivity contribution >= 4 is 17.2 Å². The molecule has 6 heteroatoms. The Kier molecular flexibility index (Phi) is 4.53. The molecule has 2 heterocycles. The Bertz CT molecular complexity index is 703. The molecule has 1 amide bonds. The van der Waals surface area contributed by atoms with Gasteiger partial charge in [0.05, 0.1) is 17.2 Å². The molecule has 0 fully saturated rings. The number of hydrogen-bond acceptors (Lipinski definition) is 4. The highest BCUT2D eigenvalue weighted by atomic mass is 32.1. The van der Waals surface area contributed by atoms with Gasteiger partial charge >= 0.3 is 0 Å². The molecule has 0 unspecified atom stereocenters. The fraction of sp³-hybridized carbons (Fsp3) is 0.588.